The molecule has 20 heavy (non-hydrogen) atoms. The average Bonchev–Trinajstić information content (AvgIpc) is 2.73. The van der Waals surface area contributed by atoms with Gasteiger partial charge in [-0.15, -0.1) is 0 Å². The first-order valence-corrected chi connectivity index (χ1v) is 7.90. The fourth-order valence-corrected chi connectivity index (χ4v) is 3.40. The molecule has 0 saturated carbocycles. The lowest BCUT2D eigenvalue weighted by molar-refractivity contribution is 0.118. The van der Waals surface area contributed by atoms with Crippen molar-refractivity contribution in [1.82, 2.24) is 0 Å². The molecule has 1 aromatic rings. The highest BCUT2D eigenvalue weighted by molar-refractivity contribution is 9.10. The van der Waals surface area contributed by atoms with Crippen molar-refractivity contribution in [1.29, 1.82) is 0 Å². The molecule has 3 unspecified atom stereocenters. The minimum Gasteiger partial charge on any atom is -0.490 e. The van der Waals surface area contributed by atoms with Crippen LogP contribution in [0, 0.1) is 5.92 Å². The predicted molar refractivity (Wildman–Crippen MR) is 80.2 cm³/mol. The van der Waals surface area contributed by atoms with Crippen molar-refractivity contribution in [3.8, 4) is 11.5 Å². The van der Waals surface area contributed by atoms with Crippen LogP contribution < -0.4 is 15.2 Å². The summed E-state index contributed by atoms with van der Waals surface area (Å²) in [6, 6.07) is 3.93. The molecule has 0 aliphatic carbocycles. The lowest BCUT2D eigenvalue weighted by Gasteiger charge is -2.21. The van der Waals surface area contributed by atoms with Gasteiger partial charge in [0.2, 0.25) is 0 Å². The van der Waals surface area contributed by atoms with Crippen molar-refractivity contribution in [2.45, 2.75) is 31.9 Å². The van der Waals surface area contributed by atoms with E-state index in [1.807, 2.05) is 12.1 Å². The van der Waals surface area contributed by atoms with E-state index in [4.69, 9.17) is 19.9 Å². The van der Waals surface area contributed by atoms with Gasteiger partial charge in [0.25, 0.3) is 0 Å². The molecule has 1 saturated heterocycles. The third-order valence-corrected chi connectivity index (χ3v) is 4.65. The van der Waals surface area contributed by atoms with E-state index >= 15 is 0 Å². The maximum atomic E-state index is 6.43. The second kappa shape index (κ2) is 5.92. The molecule has 0 spiro atoms. The van der Waals surface area contributed by atoms with Gasteiger partial charge in [0.05, 0.1) is 25.9 Å². The zero-order valence-corrected chi connectivity index (χ0v) is 13.2. The standard InChI is InChI=1S/C15H20BrNO3/c1-9-5-10(8-20-9)15(17)11-6-13-14(7-12(11)16)19-4-2-3-18-13/h6-7,9-10,15H,2-5,8,17H2,1H3. The van der Waals surface area contributed by atoms with Crippen LogP contribution in [-0.2, 0) is 4.74 Å². The first kappa shape index (κ1) is 14.2. The Morgan fingerprint density at radius 2 is 1.95 bits per heavy atom. The fraction of sp³-hybridized carbons (Fsp3) is 0.600. The summed E-state index contributed by atoms with van der Waals surface area (Å²) in [5.74, 6) is 1.94. The second-order valence-corrected chi connectivity index (χ2v) is 6.39. The van der Waals surface area contributed by atoms with Gasteiger partial charge in [-0.3, -0.25) is 0 Å². The highest BCUT2D eigenvalue weighted by Crippen LogP contribution is 2.40. The van der Waals surface area contributed by atoms with Crippen LogP contribution in [-0.4, -0.2) is 25.9 Å². The normalized spacial score (nSPS) is 27.1. The number of hydrogen-bond acceptors (Lipinski definition) is 4. The van der Waals surface area contributed by atoms with Crippen molar-refractivity contribution in [2.75, 3.05) is 19.8 Å². The molecule has 1 fully saturated rings. The van der Waals surface area contributed by atoms with Crippen molar-refractivity contribution in [2.24, 2.45) is 11.7 Å². The molecule has 3 atom stereocenters. The van der Waals surface area contributed by atoms with Gasteiger partial charge in [-0.05, 0) is 31.0 Å². The summed E-state index contributed by atoms with van der Waals surface area (Å²) in [5, 5.41) is 0. The van der Waals surface area contributed by atoms with E-state index in [2.05, 4.69) is 22.9 Å². The van der Waals surface area contributed by atoms with Gasteiger partial charge in [-0.1, -0.05) is 15.9 Å². The van der Waals surface area contributed by atoms with Crippen LogP contribution in [0.1, 0.15) is 31.4 Å². The van der Waals surface area contributed by atoms with Crippen LogP contribution in [0.3, 0.4) is 0 Å². The van der Waals surface area contributed by atoms with Crippen molar-refractivity contribution < 1.29 is 14.2 Å². The topological polar surface area (TPSA) is 53.7 Å². The van der Waals surface area contributed by atoms with Crippen LogP contribution in [0.15, 0.2) is 16.6 Å². The molecule has 5 heteroatoms. The molecule has 4 nitrogen and oxygen atoms in total. The van der Waals surface area contributed by atoms with Crippen LogP contribution in [0.2, 0.25) is 0 Å². The molecule has 2 aliphatic heterocycles. The molecule has 110 valence electrons. The number of nitrogens with two attached hydrogens (primary N) is 1. The summed E-state index contributed by atoms with van der Waals surface area (Å²) in [6.07, 6.45) is 2.20. The maximum Gasteiger partial charge on any atom is 0.162 e. The SMILES string of the molecule is CC1CC(C(N)c2cc3c(cc2Br)OCCCO3)CO1. The monoisotopic (exact) mass is 341 g/mol. The van der Waals surface area contributed by atoms with Gasteiger partial charge < -0.3 is 19.9 Å². The Balaban J connectivity index is 1.87. The summed E-state index contributed by atoms with van der Waals surface area (Å²) >= 11 is 3.61. The van der Waals surface area contributed by atoms with E-state index < -0.39 is 0 Å². The lowest BCUT2D eigenvalue weighted by Crippen LogP contribution is -2.22. The van der Waals surface area contributed by atoms with Gasteiger partial charge in [-0.2, -0.15) is 0 Å². The first-order valence-electron chi connectivity index (χ1n) is 7.11. The zero-order chi connectivity index (χ0) is 14.1. The van der Waals surface area contributed by atoms with Crippen molar-refractivity contribution in [3.63, 3.8) is 0 Å². The van der Waals surface area contributed by atoms with Gasteiger partial charge in [-0.25, -0.2) is 0 Å². The molecular weight excluding hydrogens is 322 g/mol. The largest absolute Gasteiger partial charge is 0.490 e. The van der Waals surface area contributed by atoms with Crippen molar-refractivity contribution >= 4 is 15.9 Å². The number of hydrogen-bond donors (Lipinski definition) is 1. The molecule has 2 aliphatic rings. The molecule has 0 aromatic heterocycles. The van der Waals surface area contributed by atoms with E-state index in [9.17, 15) is 0 Å². The van der Waals surface area contributed by atoms with Gasteiger partial charge in [0, 0.05) is 22.9 Å². The van der Waals surface area contributed by atoms with Crippen LogP contribution in [0.4, 0.5) is 0 Å². The van der Waals surface area contributed by atoms with Gasteiger partial charge >= 0.3 is 0 Å². The molecule has 2 heterocycles. The highest BCUT2D eigenvalue weighted by Gasteiger charge is 2.30. The number of fused-ring (bicyclic) bond motifs is 1. The van der Waals surface area contributed by atoms with E-state index in [1.165, 1.54) is 0 Å². The van der Waals surface area contributed by atoms with Gasteiger partial charge in [0.15, 0.2) is 11.5 Å². The maximum absolute atomic E-state index is 6.43. The Kier molecular flexibility index (Phi) is 4.19. The highest BCUT2D eigenvalue weighted by atomic mass is 79.9. The van der Waals surface area contributed by atoms with E-state index in [-0.39, 0.29) is 6.04 Å². The Morgan fingerprint density at radius 1 is 1.25 bits per heavy atom. The summed E-state index contributed by atoms with van der Waals surface area (Å²) in [4.78, 5) is 0. The number of ether oxygens (including phenoxy) is 3. The van der Waals surface area contributed by atoms with Crippen LogP contribution in [0.5, 0.6) is 11.5 Å². The third kappa shape index (κ3) is 2.80. The summed E-state index contributed by atoms with van der Waals surface area (Å²) in [5.41, 5.74) is 7.50. The molecular formula is C15H20BrNO3. The molecule has 0 amide bonds. The second-order valence-electron chi connectivity index (χ2n) is 5.54. The van der Waals surface area contributed by atoms with Crippen LogP contribution in [0.25, 0.3) is 0 Å². The Hall–Kier alpha value is -0.780. The number of benzene rings is 1. The average molecular weight is 342 g/mol. The smallest absolute Gasteiger partial charge is 0.162 e. The molecule has 2 N–H and O–H groups in total. The predicted octanol–water partition coefficient (Wildman–Crippen LogP) is 3.04. The molecule has 0 radical (unpaired) electrons. The van der Waals surface area contributed by atoms with E-state index in [0.29, 0.717) is 25.2 Å². The summed E-state index contributed by atoms with van der Waals surface area (Å²) < 4.78 is 18.0. The van der Waals surface area contributed by atoms with Crippen LogP contribution >= 0.6 is 15.9 Å². The Morgan fingerprint density at radius 3 is 2.60 bits per heavy atom. The number of halogens is 1. The third-order valence-electron chi connectivity index (χ3n) is 3.96. The van der Waals surface area contributed by atoms with Gasteiger partial charge in [0.1, 0.15) is 0 Å². The molecule has 3 rings (SSSR count). The zero-order valence-electron chi connectivity index (χ0n) is 11.6. The van der Waals surface area contributed by atoms with E-state index in [1.54, 1.807) is 0 Å². The number of rotatable bonds is 2. The fourth-order valence-electron chi connectivity index (χ4n) is 2.81. The molecule has 0 bridgehead atoms. The van der Waals surface area contributed by atoms with E-state index in [0.717, 1.165) is 41.0 Å². The minimum absolute atomic E-state index is 0.0496. The summed E-state index contributed by atoms with van der Waals surface area (Å²) in [7, 11) is 0. The summed E-state index contributed by atoms with van der Waals surface area (Å²) in [6.45, 7) is 4.20. The van der Waals surface area contributed by atoms with Crippen molar-refractivity contribution in [3.05, 3.63) is 22.2 Å². The molecule has 1 aromatic carbocycles. The lowest BCUT2D eigenvalue weighted by atomic mass is 9.91. The Labute approximate surface area is 127 Å². The minimum atomic E-state index is -0.0496. The Bertz CT molecular complexity index is 494. The quantitative estimate of drug-likeness (QED) is 0.898. The first-order chi connectivity index (χ1) is 9.65.